The van der Waals surface area contributed by atoms with Crippen LogP contribution in [0.2, 0.25) is 0 Å². The Balaban J connectivity index is 1.49. The largest absolute Gasteiger partial charge is 0.340 e. The molecule has 34 heavy (non-hydrogen) atoms. The zero-order valence-corrected chi connectivity index (χ0v) is 20.4. The summed E-state index contributed by atoms with van der Waals surface area (Å²) >= 11 is 1.91. The fourth-order valence-electron chi connectivity index (χ4n) is 5.25. The van der Waals surface area contributed by atoms with Gasteiger partial charge in [0.05, 0.1) is 11.4 Å². The van der Waals surface area contributed by atoms with Gasteiger partial charge in [0.2, 0.25) is 0 Å². The van der Waals surface area contributed by atoms with Crippen molar-refractivity contribution >= 4 is 44.7 Å². The molecule has 1 aliphatic heterocycles. The maximum absolute atomic E-state index is 2.54. The molecule has 0 aliphatic carbocycles. The third-order valence-corrected chi connectivity index (χ3v) is 8.03. The second-order valence-electron chi connectivity index (χ2n) is 9.16. The Morgan fingerprint density at radius 2 is 1.29 bits per heavy atom. The molecule has 0 bridgehead atoms. The molecule has 0 aromatic heterocycles. The van der Waals surface area contributed by atoms with Gasteiger partial charge in [-0.1, -0.05) is 105 Å². The molecule has 0 N–H and O–H groups in total. The monoisotopic (exact) mass is 459 g/mol. The van der Waals surface area contributed by atoms with Crippen molar-refractivity contribution in [3.63, 3.8) is 0 Å². The van der Waals surface area contributed by atoms with E-state index >= 15 is 0 Å². The van der Waals surface area contributed by atoms with E-state index < -0.39 is 0 Å². The molecule has 5 aromatic carbocycles. The summed E-state index contributed by atoms with van der Waals surface area (Å²) in [5.74, 6) is 0. The van der Waals surface area contributed by atoms with Crippen molar-refractivity contribution in [3.05, 3.63) is 97.1 Å². The SMILES string of the molecule is CCCCCCN1c2ccccc2Sc2cc(-c3c4ccccc4cc4ccccc34)ccc21. The number of unbranched alkanes of at least 4 members (excludes halogenated alkanes) is 3. The first kappa shape index (κ1) is 21.3. The molecule has 0 atom stereocenters. The molecule has 1 aliphatic rings. The van der Waals surface area contributed by atoms with E-state index in [1.807, 2.05) is 11.8 Å². The average Bonchev–Trinajstić information content (AvgIpc) is 2.88. The summed E-state index contributed by atoms with van der Waals surface area (Å²) in [5.41, 5.74) is 5.32. The van der Waals surface area contributed by atoms with Crippen LogP contribution in [-0.4, -0.2) is 6.54 Å². The summed E-state index contributed by atoms with van der Waals surface area (Å²) in [7, 11) is 0. The standard InChI is InChI=1S/C32H29NS/c1-2-3-4-11-20-33-28-16-9-10-17-30(28)34-31-22-25(18-19-29(31)33)32-26-14-7-5-12-23(26)21-24-13-6-8-15-27(24)32/h5-10,12-19,21-22H,2-4,11,20H2,1H3. The third-order valence-electron chi connectivity index (χ3n) is 6.92. The van der Waals surface area contributed by atoms with E-state index in [4.69, 9.17) is 0 Å². The summed E-state index contributed by atoms with van der Waals surface area (Å²) in [6, 6.07) is 35.9. The van der Waals surface area contributed by atoms with Crippen LogP contribution in [0.3, 0.4) is 0 Å². The van der Waals surface area contributed by atoms with Crippen LogP contribution in [-0.2, 0) is 0 Å². The number of nitrogens with zero attached hydrogens (tertiary/aromatic N) is 1. The van der Waals surface area contributed by atoms with Crippen molar-refractivity contribution in [2.45, 2.75) is 42.4 Å². The molecule has 6 rings (SSSR count). The van der Waals surface area contributed by atoms with Crippen LogP contribution < -0.4 is 4.90 Å². The number of benzene rings is 5. The first-order valence-electron chi connectivity index (χ1n) is 12.4. The quantitative estimate of drug-likeness (QED) is 0.184. The number of rotatable bonds is 6. The van der Waals surface area contributed by atoms with E-state index in [2.05, 4.69) is 109 Å². The summed E-state index contributed by atoms with van der Waals surface area (Å²) in [4.78, 5) is 5.25. The highest BCUT2D eigenvalue weighted by Crippen LogP contribution is 2.50. The average molecular weight is 460 g/mol. The van der Waals surface area contributed by atoms with Gasteiger partial charge < -0.3 is 4.90 Å². The molecule has 0 radical (unpaired) electrons. The van der Waals surface area contributed by atoms with Crippen LogP contribution in [0.15, 0.2) is 107 Å². The molecule has 0 amide bonds. The molecule has 168 valence electrons. The van der Waals surface area contributed by atoms with Crippen molar-refractivity contribution in [1.29, 1.82) is 0 Å². The fraction of sp³-hybridized carbons (Fsp3) is 0.188. The summed E-state index contributed by atoms with van der Waals surface area (Å²) in [6.07, 6.45) is 5.09. The topological polar surface area (TPSA) is 3.24 Å². The van der Waals surface area contributed by atoms with Gasteiger partial charge in [0.15, 0.2) is 0 Å². The zero-order chi connectivity index (χ0) is 22.9. The summed E-state index contributed by atoms with van der Waals surface area (Å²) in [6.45, 7) is 3.35. The van der Waals surface area contributed by atoms with Gasteiger partial charge in [0, 0.05) is 16.3 Å². The highest BCUT2D eigenvalue weighted by molar-refractivity contribution is 7.99. The number of fused-ring (bicyclic) bond motifs is 4. The molecule has 0 fully saturated rings. The maximum Gasteiger partial charge on any atom is 0.0553 e. The highest BCUT2D eigenvalue weighted by atomic mass is 32.2. The molecule has 0 unspecified atom stereocenters. The van der Waals surface area contributed by atoms with E-state index in [9.17, 15) is 0 Å². The van der Waals surface area contributed by atoms with E-state index in [1.54, 1.807) is 0 Å². The molecular weight excluding hydrogens is 430 g/mol. The highest BCUT2D eigenvalue weighted by Gasteiger charge is 2.24. The molecule has 0 saturated heterocycles. The second-order valence-corrected chi connectivity index (χ2v) is 10.2. The minimum absolute atomic E-state index is 1.07. The van der Waals surface area contributed by atoms with Gasteiger partial charge in [0.1, 0.15) is 0 Å². The van der Waals surface area contributed by atoms with Crippen LogP contribution in [0.1, 0.15) is 32.6 Å². The Hall–Kier alpha value is -3.23. The Kier molecular flexibility index (Phi) is 5.76. The lowest BCUT2D eigenvalue weighted by Crippen LogP contribution is -2.21. The second kappa shape index (κ2) is 9.19. The fourth-order valence-corrected chi connectivity index (χ4v) is 6.39. The van der Waals surface area contributed by atoms with Crippen LogP contribution in [0.4, 0.5) is 11.4 Å². The molecule has 2 heteroatoms. The first-order chi connectivity index (χ1) is 16.8. The Labute approximate surface area is 206 Å². The molecule has 1 heterocycles. The molecular formula is C32H29NS. The minimum Gasteiger partial charge on any atom is -0.340 e. The van der Waals surface area contributed by atoms with Crippen molar-refractivity contribution in [2.24, 2.45) is 0 Å². The van der Waals surface area contributed by atoms with Gasteiger partial charge in [-0.05, 0) is 69.4 Å². The lowest BCUT2D eigenvalue weighted by molar-refractivity contribution is 0.666. The Bertz CT molecular complexity index is 1430. The van der Waals surface area contributed by atoms with Crippen LogP contribution in [0.25, 0.3) is 32.7 Å². The number of anilines is 2. The Morgan fingerprint density at radius 3 is 2.06 bits per heavy atom. The van der Waals surface area contributed by atoms with E-state index in [-0.39, 0.29) is 0 Å². The number of hydrogen-bond acceptors (Lipinski definition) is 2. The molecule has 1 nitrogen and oxygen atoms in total. The van der Waals surface area contributed by atoms with Gasteiger partial charge >= 0.3 is 0 Å². The van der Waals surface area contributed by atoms with Gasteiger partial charge in [-0.3, -0.25) is 0 Å². The lowest BCUT2D eigenvalue weighted by atomic mass is 9.92. The van der Waals surface area contributed by atoms with Gasteiger partial charge in [-0.25, -0.2) is 0 Å². The van der Waals surface area contributed by atoms with Crippen molar-refractivity contribution < 1.29 is 0 Å². The van der Waals surface area contributed by atoms with Gasteiger partial charge in [-0.15, -0.1) is 0 Å². The molecule has 0 saturated carbocycles. The molecule has 0 spiro atoms. The first-order valence-corrected chi connectivity index (χ1v) is 13.2. The predicted octanol–water partition coefficient (Wildman–Crippen LogP) is 9.84. The number of para-hydroxylation sites is 1. The third kappa shape index (κ3) is 3.76. The van der Waals surface area contributed by atoms with Gasteiger partial charge in [-0.2, -0.15) is 0 Å². The van der Waals surface area contributed by atoms with Crippen molar-refractivity contribution in [3.8, 4) is 11.1 Å². The smallest absolute Gasteiger partial charge is 0.0553 e. The van der Waals surface area contributed by atoms with Gasteiger partial charge in [0.25, 0.3) is 0 Å². The van der Waals surface area contributed by atoms with Crippen molar-refractivity contribution in [1.82, 2.24) is 0 Å². The lowest BCUT2D eigenvalue weighted by Gasteiger charge is -2.33. The van der Waals surface area contributed by atoms with E-state index in [1.165, 1.54) is 79.5 Å². The van der Waals surface area contributed by atoms with Crippen LogP contribution in [0.5, 0.6) is 0 Å². The predicted molar refractivity (Wildman–Crippen MR) is 149 cm³/mol. The molecule has 5 aromatic rings. The zero-order valence-electron chi connectivity index (χ0n) is 19.6. The van der Waals surface area contributed by atoms with Crippen molar-refractivity contribution in [2.75, 3.05) is 11.4 Å². The van der Waals surface area contributed by atoms with Crippen LogP contribution >= 0.6 is 11.8 Å². The van der Waals surface area contributed by atoms with Crippen LogP contribution in [0, 0.1) is 0 Å². The maximum atomic E-state index is 2.54. The summed E-state index contributed by atoms with van der Waals surface area (Å²) in [5, 5.41) is 5.23. The normalized spacial score (nSPS) is 12.7. The van der Waals surface area contributed by atoms with E-state index in [0.29, 0.717) is 0 Å². The Morgan fingerprint density at radius 1 is 0.618 bits per heavy atom. The summed E-state index contributed by atoms with van der Waals surface area (Å²) < 4.78 is 0. The van der Waals surface area contributed by atoms with E-state index in [0.717, 1.165) is 6.54 Å². The minimum atomic E-state index is 1.07. The number of hydrogen-bond donors (Lipinski definition) is 0.